The number of ketones is 1. The maximum Gasteiger partial charge on any atom is 0.410 e. The third-order valence-electron chi connectivity index (χ3n) is 5.98. The first-order valence-corrected chi connectivity index (χ1v) is 10.5. The number of Topliss-reactive ketones (excluding diaryl/α,β-unsaturated/α-hetero) is 1. The molecule has 1 atom stereocenters. The van der Waals surface area contributed by atoms with Crippen molar-refractivity contribution in [1.82, 2.24) is 4.90 Å². The molecule has 1 saturated carbocycles. The largest absolute Gasteiger partial charge is 0.444 e. The standard InChI is InChI=1S/C25H29NO3/c1-24(2,3)29-23(28)26-15-14-25(12-13-25)22(27)21(26)17-18-8-7-11-20(16-18)19-9-5-4-6-10-19/h4-11,16,21H,12-15,17H2,1-3H3. The highest BCUT2D eigenvalue weighted by Crippen LogP contribution is 2.53. The van der Waals surface area contributed by atoms with Gasteiger partial charge in [-0.25, -0.2) is 4.79 Å². The Bertz CT molecular complexity index is 909. The van der Waals surface area contributed by atoms with Crippen LogP contribution in [0.5, 0.6) is 0 Å². The summed E-state index contributed by atoms with van der Waals surface area (Å²) in [6, 6.07) is 18.0. The van der Waals surface area contributed by atoms with E-state index < -0.39 is 11.6 Å². The van der Waals surface area contributed by atoms with Crippen molar-refractivity contribution in [3.05, 3.63) is 60.2 Å². The van der Waals surface area contributed by atoms with Crippen molar-refractivity contribution in [2.45, 2.75) is 58.1 Å². The minimum absolute atomic E-state index is 0.194. The second-order valence-corrected chi connectivity index (χ2v) is 9.35. The number of carbonyl (C=O) groups excluding carboxylic acids is 2. The summed E-state index contributed by atoms with van der Waals surface area (Å²) in [7, 11) is 0. The van der Waals surface area contributed by atoms with Gasteiger partial charge < -0.3 is 4.74 Å². The van der Waals surface area contributed by atoms with Crippen LogP contribution in [0.1, 0.15) is 45.6 Å². The number of nitrogens with zero attached hydrogens (tertiary/aromatic N) is 1. The Kier molecular flexibility index (Phi) is 4.97. The lowest BCUT2D eigenvalue weighted by Gasteiger charge is -2.39. The predicted molar refractivity (Wildman–Crippen MR) is 114 cm³/mol. The Balaban J connectivity index is 1.60. The lowest BCUT2D eigenvalue weighted by atomic mass is 9.83. The van der Waals surface area contributed by atoms with E-state index in [9.17, 15) is 9.59 Å². The maximum atomic E-state index is 13.3. The SMILES string of the molecule is CC(C)(C)OC(=O)N1CCC2(CC2)C(=O)C1Cc1cccc(-c2ccccc2)c1. The van der Waals surface area contributed by atoms with E-state index in [1.165, 1.54) is 0 Å². The van der Waals surface area contributed by atoms with Gasteiger partial charge in [-0.2, -0.15) is 0 Å². The van der Waals surface area contributed by atoms with Crippen molar-refractivity contribution >= 4 is 11.9 Å². The smallest absolute Gasteiger partial charge is 0.410 e. The molecule has 152 valence electrons. The van der Waals surface area contributed by atoms with Gasteiger partial charge in [-0.05, 0) is 56.7 Å². The minimum atomic E-state index is -0.577. The normalized spacial score (nSPS) is 20.6. The van der Waals surface area contributed by atoms with Crippen LogP contribution in [-0.2, 0) is 16.0 Å². The minimum Gasteiger partial charge on any atom is -0.444 e. The molecule has 2 aromatic rings. The molecule has 0 bridgehead atoms. The zero-order valence-electron chi connectivity index (χ0n) is 17.5. The zero-order valence-corrected chi connectivity index (χ0v) is 17.5. The van der Waals surface area contributed by atoms with Crippen molar-refractivity contribution in [2.75, 3.05) is 6.54 Å². The summed E-state index contributed by atoms with van der Waals surface area (Å²) < 4.78 is 5.61. The first-order chi connectivity index (χ1) is 13.8. The topological polar surface area (TPSA) is 46.6 Å². The monoisotopic (exact) mass is 391 g/mol. The molecule has 0 N–H and O–H groups in total. The van der Waals surface area contributed by atoms with E-state index in [1.807, 2.05) is 51.1 Å². The third kappa shape index (κ3) is 4.21. The number of ether oxygens (including phenoxy) is 1. The highest BCUT2D eigenvalue weighted by atomic mass is 16.6. The van der Waals surface area contributed by atoms with Crippen molar-refractivity contribution in [3.8, 4) is 11.1 Å². The molecule has 29 heavy (non-hydrogen) atoms. The zero-order chi connectivity index (χ0) is 20.6. The van der Waals surface area contributed by atoms with E-state index in [2.05, 4.69) is 24.3 Å². The van der Waals surface area contributed by atoms with Gasteiger partial charge in [0.1, 0.15) is 5.60 Å². The second kappa shape index (κ2) is 7.33. The lowest BCUT2D eigenvalue weighted by Crippen LogP contribution is -2.55. The summed E-state index contributed by atoms with van der Waals surface area (Å²) in [5.74, 6) is 0.208. The fourth-order valence-corrected chi connectivity index (χ4v) is 4.23. The summed E-state index contributed by atoms with van der Waals surface area (Å²) in [5, 5.41) is 0. The summed E-state index contributed by atoms with van der Waals surface area (Å²) in [6.45, 7) is 6.16. The first-order valence-electron chi connectivity index (χ1n) is 10.5. The number of amides is 1. The molecule has 4 rings (SSSR count). The third-order valence-corrected chi connectivity index (χ3v) is 5.98. The molecule has 1 saturated heterocycles. The van der Waals surface area contributed by atoms with Gasteiger partial charge in [0, 0.05) is 18.4 Å². The number of hydrogen-bond acceptors (Lipinski definition) is 3. The molecule has 2 fully saturated rings. The van der Waals surface area contributed by atoms with Crippen LogP contribution in [0.2, 0.25) is 0 Å². The lowest BCUT2D eigenvalue weighted by molar-refractivity contribution is -0.133. The van der Waals surface area contributed by atoms with E-state index in [4.69, 9.17) is 4.74 Å². The average molecular weight is 392 g/mol. The number of carbonyl (C=O) groups is 2. The van der Waals surface area contributed by atoms with Crippen LogP contribution in [0.3, 0.4) is 0 Å². The summed E-state index contributed by atoms with van der Waals surface area (Å²) >= 11 is 0. The summed E-state index contributed by atoms with van der Waals surface area (Å²) in [6.07, 6.45) is 2.81. The molecule has 1 unspecified atom stereocenters. The second-order valence-electron chi connectivity index (χ2n) is 9.35. The molecular weight excluding hydrogens is 362 g/mol. The molecule has 1 amide bonds. The van der Waals surface area contributed by atoms with E-state index in [0.29, 0.717) is 13.0 Å². The van der Waals surface area contributed by atoms with Gasteiger partial charge in [0.25, 0.3) is 0 Å². The van der Waals surface area contributed by atoms with E-state index in [1.54, 1.807) is 4.90 Å². The first kappa shape index (κ1) is 19.7. The molecule has 4 heteroatoms. The van der Waals surface area contributed by atoms with Crippen LogP contribution in [-0.4, -0.2) is 35.0 Å². The van der Waals surface area contributed by atoms with Crippen molar-refractivity contribution in [2.24, 2.45) is 5.41 Å². The maximum absolute atomic E-state index is 13.3. The molecule has 2 aromatic carbocycles. The Morgan fingerprint density at radius 1 is 1.03 bits per heavy atom. The molecule has 2 aliphatic rings. The van der Waals surface area contributed by atoms with Crippen LogP contribution >= 0.6 is 0 Å². The van der Waals surface area contributed by atoms with Crippen molar-refractivity contribution in [3.63, 3.8) is 0 Å². The molecule has 0 radical (unpaired) electrons. The van der Waals surface area contributed by atoms with E-state index >= 15 is 0 Å². The number of benzene rings is 2. The van der Waals surface area contributed by atoms with Crippen LogP contribution in [0, 0.1) is 5.41 Å². The van der Waals surface area contributed by atoms with Crippen molar-refractivity contribution < 1.29 is 14.3 Å². The molecule has 1 spiro atoms. The van der Waals surface area contributed by atoms with Crippen LogP contribution < -0.4 is 0 Å². The number of rotatable bonds is 3. The van der Waals surface area contributed by atoms with Crippen LogP contribution in [0.4, 0.5) is 4.79 Å². The fourth-order valence-electron chi connectivity index (χ4n) is 4.23. The average Bonchev–Trinajstić information content (AvgIpc) is 3.46. The number of hydrogen-bond donors (Lipinski definition) is 0. The van der Waals surface area contributed by atoms with Gasteiger partial charge in [-0.3, -0.25) is 9.69 Å². The van der Waals surface area contributed by atoms with Gasteiger partial charge in [0.15, 0.2) is 5.78 Å². The predicted octanol–water partition coefficient (Wildman–Crippen LogP) is 5.25. The Morgan fingerprint density at radius 2 is 1.72 bits per heavy atom. The van der Waals surface area contributed by atoms with Gasteiger partial charge >= 0.3 is 6.09 Å². The molecule has 1 heterocycles. The fraction of sp³-hybridized carbons (Fsp3) is 0.440. The number of piperidine rings is 1. The quantitative estimate of drug-likeness (QED) is 0.717. The highest BCUT2D eigenvalue weighted by molar-refractivity contribution is 5.95. The molecule has 0 aromatic heterocycles. The van der Waals surface area contributed by atoms with Crippen LogP contribution in [0.25, 0.3) is 11.1 Å². The molecule has 1 aliphatic heterocycles. The van der Waals surface area contributed by atoms with Gasteiger partial charge in [0.2, 0.25) is 0 Å². The molecule has 4 nitrogen and oxygen atoms in total. The van der Waals surface area contributed by atoms with Gasteiger partial charge in [0.05, 0.1) is 6.04 Å². The van der Waals surface area contributed by atoms with Crippen LogP contribution in [0.15, 0.2) is 54.6 Å². The van der Waals surface area contributed by atoms with Gasteiger partial charge in [-0.15, -0.1) is 0 Å². The highest BCUT2D eigenvalue weighted by Gasteiger charge is 2.56. The van der Waals surface area contributed by atoms with E-state index in [-0.39, 0.29) is 17.3 Å². The summed E-state index contributed by atoms with van der Waals surface area (Å²) in [4.78, 5) is 27.8. The summed E-state index contributed by atoms with van der Waals surface area (Å²) in [5.41, 5.74) is 2.56. The Labute approximate surface area is 172 Å². The van der Waals surface area contributed by atoms with Gasteiger partial charge in [-0.1, -0.05) is 54.6 Å². The van der Waals surface area contributed by atoms with E-state index in [0.717, 1.165) is 36.0 Å². The number of likely N-dealkylation sites (tertiary alicyclic amines) is 1. The molecule has 1 aliphatic carbocycles. The molecular formula is C25H29NO3. The Morgan fingerprint density at radius 3 is 2.38 bits per heavy atom. The Hall–Kier alpha value is -2.62. The van der Waals surface area contributed by atoms with Crippen molar-refractivity contribution in [1.29, 1.82) is 0 Å².